The van der Waals surface area contributed by atoms with Crippen molar-refractivity contribution in [1.29, 1.82) is 0 Å². The number of carbonyl (C=O) groups is 1. The molecule has 96 valence electrons. The van der Waals surface area contributed by atoms with Crippen molar-refractivity contribution in [2.45, 2.75) is 18.6 Å². The molecule has 2 saturated heterocycles. The summed E-state index contributed by atoms with van der Waals surface area (Å²) in [6.07, 6.45) is 3.40. The van der Waals surface area contributed by atoms with Gasteiger partial charge in [-0.25, -0.2) is 0 Å². The highest BCUT2D eigenvalue weighted by atomic mass is 16.7. The van der Waals surface area contributed by atoms with Gasteiger partial charge in [0.2, 0.25) is 0 Å². The van der Waals surface area contributed by atoms with Gasteiger partial charge in [-0.1, -0.05) is 6.07 Å². The second-order valence-corrected chi connectivity index (χ2v) is 4.65. The van der Waals surface area contributed by atoms with Crippen LogP contribution in [0.5, 0.6) is 0 Å². The van der Waals surface area contributed by atoms with Crippen molar-refractivity contribution in [3.63, 3.8) is 0 Å². The first-order valence-corrected chi connectivity index (χ1v) is 6.27. The third kappa shape index (κ3) is 2.11. The van der Waals surface area contributed by atoms with Crippen molar-refractivity contribution in [2.24, 2.45) is 0 Å². The Bertz CT molecular complexity index is 429. The van der Waals surface area contributed by atoms with Gasteiger partial charge in [0, 0.05) is 19.2 Å². The van der Waals surface area contributed by atoms with Crippen LogP contribution >= 0.6 is 0 Å². The first-order chi connectivity index (χ1) is 8.79. The summed E-state index contributed by atoms with van der Waals surface area (Å²) in [5, 5.41) is 0. The van der Waals surface area contributed by atoms with E-state index in [4.69, 9.17) is 9.47 Å². The maximum Gasteiger partial charge on any atom is 0.272 e. The minimum absolute atomic E-state index is 0.0474. The summed E-state index contributed by atoms with van der Waals surface area (Å²) in [6, 6.07) is 5.36. The molecule has 3 rings (SSSR count). The Morgan fingerprint density at radius 2 is 2.17 bits per heavy atom. The number of pyridine rings is 1. The molecule has 1 spiro atoms. The average Bonchev–Trinajstić information content (AvgIpc) is 2.87. The first-order valence-electron chi connectivity index (χ1n) is 6.27. The molecule has 1 amide bonds. The number of hydrogen-bond donors (Lipinski definition) is 0. The molecule has 5 heteroatoms. The molecule has 0 saturated carbocycles. The van der Waals surface area contributed by atoms with Gasteiger partial charge in [0.25, 0.3) is 5.91 Å². The molecule has 1 aromatic heterocycles. The number of rotatable bonds is 1. The van der Waals surface area contributed by atoms with Crippen molar-refractivity contribution in [3.8, 4) is 0 Å². The Morgan fingerprint density at radius 3 is 2.89 bits per heavy atom. The molecule has 0 aliphatic carbocycles. The van der Waals surface area contributed by atoms with Crippen LogP contribution in [0.15, 0.2) is 24.4 Å². The second kappa shape index (κ2) is 4.66. The summed E-state index contributed by atoms with van der Waals surface area (Å²) in [4.78, 5) is 18.2. The number of nitrogens with zero attached hydrogens (tertiary/aromatic N) is 2. The van der Waals surface area contributed by atoms with Gasteiger partial charge >= 0.3 is 0 Å². The Balaban J connectivity index is 1.74. The van der Waals surface area contributed by atoms with E-state index in [9.17, 15) is 4.79 Å². The molecule has 2 aliphatic rings. The van der Waals surface area contributed by atoms with E-state index in [-0.39, 0.29) is 5.91 Å². The molecule has 2 aliphatic heterocycles. The molecular formula is C13H16N2O3. The Morgan fingerprint density at radius 1 is 1.33 bits per heavy atom. The van der Waals surface area contributed by atoms with Crippen molar-refractivity contribution in [2.75, 3.05) is 26.3 Å². The molecule has 0 atom stereocenters. The van der Waals surface area contributed by atoms with E-state index in [2.05, 4.69) is 4.98 Å². The maximum absolute atomic E-state index is 12.3. The molecule has 0 N–H and O–H groups in total. The predicted molar refractivity (Wildman–Crippen MR) is 64.0 cm³/mol. The van der Waals surface area contributed by atoms with E-state index < -0.39 is 5.79 Å². The van der Waals surface area contributed by atoms with E-state index in [1.54, 1.807) is 23.2 Å². The number of ether oxygens (including phenoxy) is 2. The first kappa shape index (κ1) is 11.6. The summed E-state index contributed by atoms with van der Waals surface area (Å²) in [7, 11) is 0. The smallest absolute Gasteiger partial charge is 0.272 e. The molecule has 0 bridgehead atoms. The van der Waals surface area contributed by atoms with Crippen LogP contribution in [-0.4, -0.2) is 47.9 Å². The third-order valence-electron chi connectivity index (χ3n) is 3.40. The van der Waals surface area contributed by atoms with E-state index in [0.717, 1.165) is 19.4 Å². The molecule has 5 nitrogen and oxygen atoms in total. The van der Waals surface area contributed by atoms with Crippen LogP contribution in [0.3, 0.4) is 0 Å². The number of carbonyl (C=O) groups excluding carboxylic acids is 1. The molecule has 2 fully saturated rings. The van der Waals surface area contributed by atoms with Crippen LogP contribution in [0.25, 0.3) is 0 Å². The maximum atomic E-state index is 12.3. The monoisotopic (exact) mass is 248 g/mol. The van der Waals surface area contributed by atoms with E-state index >= 15 is 0 Å². The molecule has 0 radical (unpaired) electrons. The van der Waals surface area contributed by atoms with Gasteiger partial charge in [-0.3, -0.25) is 9.78 Å². The highest BCUT2D eigenvalue weighted by Crippen LogP contribution is 2.30. The van der Waals surface area contributed by atoms with Crippen molar-refractivity contribution < 1.29 is 14.3 Å². The summed E-state index contributed by atoms with van der Waals surface area (Å²) >= 11 is 0. The van der Waals surface area contributed by atoms with E-state index in [1.165, 1.54) is 0 Å². The fourth-order valence-electron chi connectivity index (χ4n) is 2.55. The van der Waals surface area contributed by atoms with Crippen LogP contribution in [0, 0.1) is 0 Å². The van der Waals surface area contributed by atoms with Crippen molar-refractivity contribution in [3.05, 3.63) is 30.1 Å². The zero-order valence-electron chi connectivity index (χ0n) is 10.2. The number of piperidine rings is 1. The second-order valence-electron chi connectivity index (χ2n) is 4.65. The lowest BCUT2D eigenvalue weighted by atomic mass is 10.0. The van der Waals surface area contributed by atoms with Crippen molar-refractivity contribution >= 4 is 5.91 Å². The molecular weight excluding hydrogens is 232 g/mol. The molecule has 3 heterocycles. The lowest BCUT2D eigenvalue weighted by Gasteiger charge is -2.38. The van der Waals surface area contributed by atoms with Crippen LogP contribution in [0.1, 0.15) is 23.3 Å². The van der Waals surface area contributed by atoms with Crippen LogP contribution < -0.4 is 0 Å². The lowest BCUT2D eigenvalue weighted by Crippen LogP contribution is -2.51. The summed E-state index contributed by atoms with van der Waals surface area (Å²) in [6.45, 7) is 2.48. The van der Waals surface area contributed by atoms with Gasteiger partial charge in [-0.15, -0.1) is 0 Å². The van der Waals surface area contributed by atoms with Crippen LogP contribution in [-0.2, 0) is 9.47 Å². The predicted octanol–water partition coefficient (Wildman–Crippen LogP) is 1.06. The van der Waals surface area contributed by atoms with E-state index in [0.29, 0.717) is 25.5 Å². The van der Waals surface area contributed by atoms with Crippen LogP contribution in [0.2, 0.25) is 0 Å². The average molecular weight is 248 g/mol. The largest absolute Gasteiger partial charge is 0.346 e. The van der Waals surface area contributed by atoms with Crippen molar-refractivity contribution in [1.82, 2.24) is 9.88 Å². The quantitative estimate of drug-likeness (QED) is 0.745. The van der Waals surface area contributed by atoms with Gasteiger partial charge in [0.05, 0.1) is 19.8 Å². The zero-order chi connectivity index (χ0) is 12.4. The number of aromatic nitrogens is 1. The summed E-state index contributed by atoms with van der Waals surface area (Å²) < 4.78 is 11.3. The molecule has 0 aromatic carbocycles. The van der Waals surface area contributed by atoms with E-state index in [1.807, 2.05) is 6.07 Å². The van der Waals surface area contributed by atoms with Gasteiger partial charge in [0.1, 0.15) is 5.69 Å². The number of likely N-dealkylation sites (tertiary alicyclic amines) is 1. The summed E-state index contributed by atoms with van der Waals surface area (Å²) in [5.74, 6) is -0.614. The highest BCUT2D eigenvalue weighted by Gasteiger charge is 2.42. The minimum atomic E-state index is -0.567. The number of amides is 1. The SMILES string of the molecule is O=C(c1ccccn1)N1CCCC2(C1)OCCO2. The fourth-order valence-corrected chi connectivity index (χ4v) is 2.55. The lowest BCUT2D eigenvalue weighted by molar-refractivity contribution is -0.183. The number of hydrogen-bond acceptors (Lipinski definition) is 4. The Hall–Kier alpha value is -1.46. The molecule has 18 heavy (non-hydrogen) atoms. The zero-order valence-corrected chi connectivity index (χ0v) is 10.2. The Labute approximate surface area is 106 Å². The van der Waals surface area contributed by atoms with Gasteiger partial charge in [-0.2, -0.15) is 0 Å². The highest BCUT2D eigenvalue weighted by molar-refractivity contribution is 5.92. The normalized spacial score (nSPS) is 22.3. The third-order valence-corrected chi connectivity index (χ3v) is 3.40. The van der Waals surface area contributed by atoms with Gasteiger partial charge in [0.15, 0.2) is 5.79 Å². The van der Waals surface area contributed by atoms with Gasteiger partial charge < -0.3 is 14.4 Å². The molecule has 0 unspecified atom stereocenters. The topological polar surface area (TPSA) is 51.7 Å². The standard InChI is InChI=1S/C13H16N2O3/c16-12(11-4-1-2-6-14-11)15-7-3-5-13(10-15)17-8-9-18-13/h1-2,4,6H,3,5,7-10H2. The minimum Gasteiger partial charge on any atom is -0.346 e. The molecule has 1 aromatic rings. The van der Waals surface area contributed by atoms with Gasteiger partial charge in [-0.05, 0) is 18.6 Å². The van der Waals surface area contributed by atoms with Crippen LogP contribution in [0.4, 0.5) is 0 Å². The Kier molecular flexibility index (Phi) is 3.01. The fraction of sp³-hybridized carbons (Fsp3) is 0.538. The summed E-state index contributed by atoms with van der Waals surface area (Å²) in [5.41, 5.74) is 0.479.